The van der Waals surface area contributed by atoms with Gasteiger partial charge in [0.2, 0.25) is 0 Å². The van der Waals surface area contributed by atoms with Crippen LogP contribution in [0.3, 0.4) is 0 Å². The van der Waals surface area contributed by atoms with E-state index >= 15 is 0 Å². The number of rotatable bonds is 5. The van der Waals surface area contributed by atoms with Gasteiger partial charge in [0.05, 0.1) is 5.56 Å². The summed E-state index contributed by atoms with van der Waals surface area (Å²) in [7, 11) is 0. The van der Waals surface area contributed by atoms with Crippen LogP contribution in [-0.4, -0.2) is 18.9 Å². The van der Waals surface area contributed by atoms with Gasteiger partial charge in [-0.1, -0.05) is 24.8 Å². The Kier molecular flexibility index (Phi) is 4.73. The summed E-state index contributed by atoms with van der Waals surface area (Å²) in [5, 5.41) is 0. The molecule has 1 rings (SSSR count). The number of hydrogen-bond donors (Lipinski definition) is 0. The molecule has 0 aromatic heterocycles. The molecule has 0 N–H and O–H groups in total. The molecule has 0 aliphatic heterocycles. The zero-order valence-corrected chi connectivity index (χ0v) is 9.60. The maximum atomic E-state index is 11.7. The molecule has 1 aromatic carbocycles. The molecule has 0 aliphatic carbocycles. The second kappa shape index (κ2) is 6.08. The van der Waals surface area contributed by atoms with Crippen molar-refractivity contribution in [1.82, 2.24) is 0 Å². The van der Waals surface area contributed by atoms with Gasteiger partial charge in [-0.15, -0.1) is 0 Å². The van der Waals surface area contributed by atoms with Crippen LogP contribution in [-0.2, 0) is 9.47 Å². The van der Waals surface area contributed by atoms with Crippen molar-refractivity contribution in [2.75, 3.05) is 6.61 Å². The van der Waals surface area contributed by atoms with Crippen molar-refractivity contribution in [2.24, 2.45) is 0 Å². The standard InChI is InChI=1S/C13H16O3/c1-4-11-7-6-8-12(9-11)13(14)16-10(3)15-5-2/h4,6-10H,1,5H2,2-3H3. The van der Waals surface area contributed by atoms with Crippen molar-refractivity contribution in [3.63, 3.8) is 0 Å². The molecule has 0 saturated heterocycles. The summed E-state index contributed by atoms with van der Waals surface area (Å²) in [4.78, 5) is 11.7. The lowest BCUT2D eigenvalue weighted by Crippen LogP contribution is -2.18. The van der Waals surface area contributed by atoms with Gasteiger partial charge in [0, 0.05) is 6.61 Å². The molecule has 0 radical (unpaired) electrons. The number of ether oxygens (including phenoxy) is 2. The maximum Gasteiger partial charge on any atom is 0.340 e. The van der Waals surface area contributed by atoms with E-state index in [1.54, 1.807) is 31.2 Å². The molecule has 0 heterocycles. The Hall–Kier alpha value is -1.61. The molecular formula is C13H16O3. The fourth-order valence-electron chi connectivity index (χ4n) is 1.28. The van der Waals surface area contributed by atoms with Crippen molar-refractivity contribution >= 4 is 12.0 Å². The second-order valence-electron chi connectivity index (χ2n) is 3.26. The quantitative estimate of drug-likeness (QED) is 0.565. The van der Waals surface area contributed by atoms with E-state index in [2.05, 4.69) is 6.58 Å². The first kappa shape index (κ1) is 12.5. The van der Waals surface area contributed by atoms with Gasteiger partial charge >= 0.3 is 5.97 Å². The molecule has 0 fully saturated rings. The molecule has 3 nitrogen and oxygen atoms in total. The number of benzene rings is 1. The van der Waals surface area contributed by atoms with E-state index in [0.29, 0.717) is 12.2 Å². The lowest BCUT2D eigenvalue weighted by Gasteiger charge is -2.12. The first-order valence-corrected chi connectivity index (χ1v) is 5.22. The molecular weight excluding hydrogens is 204 g/mol. The molecule has 1 aromatic rings. The minimum atomic E-state index is -0.523. The van der Waals surface area contributed by atoms with E-state index in [-0.39, 0.29) is 5.97 Å². The summed E-state index contributed by atoms with van der Waals surface area (Å²) in [5.41, 5.74) is 1.39. The highest BCUT2D eigenvalue weighted by Crippen LogP contribution is 2.09. The van der Waals surface area contributed by atoms with Crippen molar-refractivity contribution in [1.29, 1.82) is 0 Å². The lowest BCUT2D eigenvalue weighted by molar-refractivity contribution is -0.0940. The van der Waals surface area contributed by atoms with Crippen molar-refractivity contribution in [2.45, 2.75) is 20.1 Å². The minimum Gasteiger partial charge on any atom is -0.432 e. The minimum absolute atomic E-state index is 0.385. The van der Waals surface area contributed by atoms with Crippen LogP contribution < -0.4 is 0 Å². The van der Waals surface area contributed by atoms with E-state index in [9.17, 15) is 4.79 Å². The summed E-state index contributed by atoms with van der Waals surface area (Å²) in [6.07, 6.45) is 1.16. The second-order valence-corrected chi connectivity index (χ2v) is 3.26. The predicted molar refractivity (Wildman–Crippen MR) is 63.0 cm³/mol. The maximum absolute atomic E-state index is 11.7. The highest BCUT2D eigenvalue weighted by molar-refractivity contribution is 5.90. The molecule has 3 heteroatoms. The SMILES string of the molecule is C=Cc1cccc(C(=O)OC(C)OCC)c1. The average Bonchev–Trinajstić information content (AvgIpc) is 2.29. The van der Waals surface area contributed by atoms with Gasteiger partial charge in [0.15, 0.2) is 6.29 Å². The third kappa shape index (κ3) is 3.51. The number of carbonyl (C=O) groups is 1. The highest BCUT2D eigenvalue weighted by Gasteiger charge is 2.11. The topological polar surface area (TPSA) is 35.5 Å². The van der Waals surface area contributed by atoms with Crippen molar-refractivity contribution in [3.05, 3.63) is 42.0 Å². The van der Waals surface area contributed by atoms with Crippen LogP contribution in [0.1, 0.15) is 29.8 Å². The zero-order chi connectivity index (χ0) is 12.0. The third-order valence-corrected chi connectivity index (χ3v) is 2.03. The number of carbonyl (C=O) groups excluding carboxylic acids is 1. The third-order valence-electron chi connectivity index (χ3n) is 2.03. The van der Waals surface area contributed by atoms with Gasteiger partial charge in [-0.3, -0.25) is 0 Å². The predicted octanol–water partition coefficient (Wildman–Crippen LogP) is 2.87. The Balaban J connectivity index is 2.68. The summed E-state index contributed by atoms with van der Waals surface area (Å²) in [6.45, 7) is 7.70. The molecule has 1 atom stereocenters. The molecule has 86 valence electrons. The first-order chi connectivity index (χ1) is 7.67. The van der Waals surface area contributed by atoms with Gasteiger partial charge < -0.3 is 9.47 Å². The van der Waals surface area contributed by atoms with Crippen molar-refractivity contribution < 1.29 is 14.3 Å². The van der Waals surface area contributed by atoms with E-state index in [1.807, 2.05) is 13.0 Å². The zero-order valence-electron chi connectivity index (χ0n) is 9.60. The van der Waals surface area contributed by atoms with Crippen LogP contribution in [0.25, 0.3) is 6.08 Å². The van der Waals surface area contributed by atoms with Gasteiger partial charge in [-0.05, 0) is 31.5 Å². The Morgan fingerprint density at radius 3 is 2.94 bits per heavy atom. The van der Waals surface area contributed by atoms with Crippen LogP contribution in [0.5, 0.6) is 0 Å². The summed E-state index contributed by atoms with van der Waals surface area (Å²) in [6, 6.07) is 7.09. The van der Waals surface area contributed by atoms with Gasteiger partial charge in [-0.25, -0.2) is 4.79 Å². The molecule has 0 saturated carbocycles. The van der Waals surface area contributed by atoms with Crippen molar-refractivity contribution in [3.8, 4) is 0 Å². The molecule has 0 amide bonds. The lowest BCUT2D eigenvalue weighted by atomic mass is 10.1. The highest BCUT2D eigenvalue weighted by atomic mass is 16.7. The van der Waals surface area contributed by atoms with Gasteiger partial charge in [0.25, 0.3) is 0 Å². The van der Waals surface area contributed by atoms with Crippen LogP contribution in [0.2, 0.25) is 0 Å². The summed E-state index contributed by atoms with van der Waals surface area (Å²) in [5.74, 6) is -0.385. The molecule has 16 heavy (non-hydrogen) atoms. The Morgan fingerprint density at radius 2 is 2.31 bits per heavy atom. The number of esters is 1. The molecule has 0 spiro atoms. The van der Waals surface area contributed by atoms with Crippen LogP contribution in [0.4, 0.5) is 0 Å². The fourth-order valence-corrected chi connectivity index (χ4v) is 1.28. The van der Waals surface area contributed by atoms with E-state index in [1.165, 1.54) is 0 Å². The average molecular weight is 220 g/mol. The normalized spacial score (nSPS) is 11.9. The van der Waals surface area contributed by atoms with Crippen LogP contribution >= 0.6 is 0 Å². The Morgan fingerprint density at radius 1 is 1.56 bits per heavy atom. The monoisotopic (exact) mass is 220 g/mol. The van der Waals surface area contributed by atoms with E-state index < -0.39 is 6.29 Å². The summed E-state index contributed by atoms with van der Waals surface area (Å²) < 4.78 is 10.2. The van der Waals surface area contributed by atoms with Crippen LogP contribution in [0.15, 0.2) is 30.8 Å². The molecule has 0 bridgehead atoms. The number of hydrogen-bond acceptors (Lipinski definition) is 3. The smallest absolute Gasteiger partial charge is 0.340 e. The van der Waals surface area contributed by atoms with Gasteiger partial charge in [0.1, 0.15) is 0 Å². The molecule has 1 unspecified atom stereocenters. The van der Waals surface area contributed by atoms with E-state index in [0.717, 1.165) is 5.56 Å². The van der Waals surface area contributed by atoms with Crippen LogP contribution in [0, 0.1) is 0 Å². The molecule has 0 aliphatic rings. The Bertz CT molecular complexity index is 371. The largest absolute Gasteiger partial charge is 0.432 e. The van der Waals surface area contributed by atoms with E-state index in [4.69, 9.17) is 9.47 Å². The fraction of sp³-hybridized carbons (Fsp3) is 0.308. The Labute approximate surface area is 95.7 Å². The first-order valence-electron chi connectivity index (χ1n) is 5.22. The summed E-state index contributed by atoms with van der Waals surface area (Å²) >= 11 is 0. The van der Waals surface area contributed by atoms with Gasteiger partial charge in [-0.2, -0.15) is 0 Å².